The molecule has 0 saturated carbocycles. The Morgan fingerprint density at radius 3 is 2.45 bits per heavy atom. The van der Waals surface area contributed by atoms with Gasteiger partial charge in [0.1, 0.15) is 6.61 Å². The SMILES string of the molecule is C=CCOCC(=O)C(C)(C)C. The number of ketones is 1. The highest BCUT2D eigenvalue weighted by atomic mass is 16.5. The maximum Gasteiger partial charge on any atom is 0.163 e. The lowest BCUT2D eigenvalue weighted by molar-refractivity contribution is -0.130. The smallest absolute Gasteiger partial charge is 0.163 e. The average molecular weight is 156 g/mol. The molecule has 11 heavy (non-hydrogen) atoms. The van der Waals surface area contributed by atoms with E-state index in [1.807, 2.05) is 20.8 Å². The number of hydrogen-bond donors (Lipinski definition) is 0. The molecule has 0 radical (unpaired) electrons. The highest BCUT2D eigenvalue weighted by molar-refractivity contribution is 5.84. The van der Waals surface area contributed by atoms with Crippen molar-refractivity contribution in [2.24, 2.45) is 5.41 Å². The first-order valence-corrected chi connectivity index (χ1v) is 3.70. The second-order valence-corrected chi connectivity index (χ2v) is 3.48. The average Bonchev–Trinajstić information content (AvgIpc) is 1.86. The van der Waals surface area contributed by atoms with Crippen LogP contribution < -0.4 is 0 Å². The van der Waals surface area contributed by atoms with Crippen molar-refractivity contribution in [3.63, 3.8) is 0 Å². The number of carbonyl (C=O) groups is 1. The highest BCUT2D eigenvalue weighted by Gasteiger charge is 2.20. The number of hydrogen-bond acceptors (Lipinski definition) is 2. The lowest BCUT2D eigenvalue weighted by atomic mass is 9.91. The molecular formula is C9H16O2. The number of rotatable bonds is 4. The largest absolute Gasteiger partial charge is 0.370 e. The minimum absolute atomic E-state index is 0.124. The fourth-order valence-electron chi connectivity index (χ4n) is 0.451. The van der Waals surface area contributed by atoms with E-state index < -0.39 is 0 Å². The van der Waals surface area contributed by atoms with Crippen LogP contribution in [0.4, 0.5) is 0 Å². The van der Waals surface area contributed by atoms with Crippen molar-refractivity contribution >= 4 is 5.78 Å². The first-order chi connectivity index (χ1) is 4.98. The molecule has 0 amide bonds. The van der Waals surface area contributed by atoms with E-state index in [4.69, 9.17) is 4.74 Å². The summed E-state index contributed by atoms with van der Waals surface area (Å²) in [6, 6.07) is 0. The van der Waals surface area contributed by atoms with Crippen LogP contribution >= 0.6 is 0 Å². The maximum absolute atomic E-state index is 11.2. The van der Waals surface area contributed by atoms with Crippen LogP contribution in [-0.4, -0.2) is 19.0 Å². The molecule has 0 spiro atoms. The molecule has 0 N–H and O–H groups in total. The van der Waals surface area contributed by atoms with Crippen molar-refractivity contribution in [1.82, 2.24) is 0 Å². The summed E-state index contributed by atoms with van der Waals surface area (Å²) in [5.41, 5.74) is -0.291. The molecule has 0 bridgehead atoms. The monoisotopic (exact) mass is 156 g/mol. The third kappa shape index (κ3) is 4.73. The van der Waals surface area contributed by atoms with Crippen molar-refractivity contribution in [2.45, 2.75) is 20.8 Å². The molecule has 64 valence electrons. The molecule has 0 saturated heterocycles. The van der Waals surface area contributed by atoms with Gasteiger partial charge in [0.15, 0.2) is 5.78 Å². The van der Waals surface area contributed by atoms with Gasteiger partial charge in [-0.15, -0.1) is 6.58 Å². The van der Waals surface area contributed by atoms with Gasteiger partial charge in [-0.3, -0.25) is 4.79 Å². The van der Waals surface area contributed by atoms with Crippen LogP contribution in [0.1, 0.15) is 20.8 Å². The molecule has 0 aromatic carbocycles. The lowest BCUT2D eigenvalue weighted by Crippen LogP contribution is -2.24. The van der Waals surface area contributed by atoms with Gasteiger partial charge in [-0.1, -0.05) is 26.8 Å². The first-order valence-electron chi connectivity index (χ1n) is 3.70. The van der Waals surface area contributed by atoms with E-state index in [-0.39, 0.29) is 17.8 Å². The van der Waals surface area contributed by atoms with Gasteiger partial charge >= 0.3 is 0 Å². The van der Waals surface area contributed by atoms with E-state index in [9.17, 15) is 4.79 Å². The van der Waals surface area contributed by atoms with Gasteiger partial charge in [0.05, 0.1) is 6.61 Å². The zero-order valence-corrected chi connectivity index (χ0v) is 7.52. The topological polar surface area (TPSA) is 26.3 Å². The molecule has 0 aliphatic rings. The van der Waals surface area contributed by atoms with E-state index >= 15 is 0 Å². The van der Waals surface area contributed by atoms with Crippen LogP contribution in [0.25, 0.3) is 0 Å². The summed E-state index contributed by atoms with van der Waals surface area (Å²) in [7, 11) is 0. The third-order valence-corrected chi connectivity index (χ3v) is 1.31. The van der Waals surface area contributed by atoms with Crippen molar-refractivity contribution in [1.29, 1.82) is 0 Å². The summed E-state index contributed by atoms with van der Waals surface area (Å²) in [5.74, 6) is 0.124. The quantitative estimate of drug-likeness (QED) is 0.458. The Balaban J connectivity index is 3.62. The molecule has 0 aliphatic heterocycles. The molecule has 0 fully saturated rings. The van der Waals surface area contributed by atoms with Crippen LogP contribution in [0.3, 0.4) is 0 Å². The Hall–Kier alpha value is -0.630. The molecule has 0 aliphatic carbocycles. The fourth-order valence-corrected chi connectivity index (χ4v) is 0.451. The fraction of sp³-hybridized carbons (Fsp3) is 0.667. The minimum atomic E-state index is -0.291. The molecule has 0 aromatic heterocycles. The van der Waals surface area contributed by atoms with E-state index in [0.29, 0.717) is 6.61 Å². The number of ether oxygens (including phenoxy) is 1. The number of carbonyl (C=O) groups excluding carboxylic acids is 1. The lowest BCUT2D eigenvalue weighted by Gasteiger charge is -2.15. The Bertz CT molecular complexity index is 142. The zero-order chi connectivity index (χ0) is 8.91. The minimum Gasteiger partial charge on any atom is -0.370 e. The van der Waals surface area contributed by atoms with Crippen molar-refractivity contribution in [3.05, 3.63) is 12.7 Å². The summed E-state index contributed by atoms with van der Waals surface area (Å²) in [6.07, 6.45) is 1.63. The highest BCUT2D eigenvalue weighted by Crippen LogP contribution is 2.14. The van der Waals surface area contributed by atoms with Crippen LogP contribution in [0.15, 0.2) is 12.7 Å². The summed E-state index contributed by atoms with van der Waals surface area (Å²) >= 11 is 0. The molecule has 0 aromatic rings. The van der Waals surface area contributed by atoms with Gasteiger partial charge in [-0.05, 0) is 0 Å². The van der Waals surface area contributed by atoms with Crippen LogP contribution in [0.5, 0.6) is 0 Å². The van der Waals surface area contributed by atoms with Crippen LogP contribution in [-0.2, 0) is 9.53 Å². The molecule has 0 atom stereocenters. The third-order valence-electron chi connectivity index (χ3n) is 1.31. The molecule has 2 heteroatoms. The van der Waals surface area contributed by atoms with E-state index in [1.165, 1.54) is 0 Å². The summed E-state index contributed by atoms with van der Waals surface area (Å²) in [4.78, 5) is 11.2. The van der Waals surface area contributed by atoms with E-state index in [2.05, 4.69) is 6.58 Å². The Kier molecular flexibility index (Phi) is 4.04. The summed E-state index contributed by atoms with van der Waals surface area (Å²) in [5, 5.41) is 0. The van der Waals surface area contributed by atoms with Gasteiger partial charge in [0.2, 0.25) is 0 Å². The van der Waals surface area contributed by atoms with Crippen molar-refractivity contribution < 1.29 is 9.53 Å². The summed E-state index contributed by atoms with van der Waals surface area (Å²) < 4.78 is 5.00. The molecule has 0 heterocycles. The summed E-state index contributed by atoms with van der Waals surface area (Å²) in [6.45, 7) is 9.76. The Morgan fingerprint density at radius 2 is 2.09 bits per heavy atom. The Morgan fingerprint density at radius 1 is 1.55 bits per heavy atom. The maximum atomic E-state index is 11.2. The molecule has 2 nitrogen and oxygen atoms in total. The first kappa shape index (κ1) is 10.4. The van der Waals surface area contributed by atoms with Crippen LogP contribution in [0, 0.1) is 5.41 Å². The van der Waals surface area contributed by atoms with Gasteiger partial charge in [0, 0.05) is 5.41 Å². The van der Waals surface area contributed by atoms with E-state index in [1.54, 1.807) is 6.08 Å². The standard InChI is InChI=1S/C9H16O2/c1-5-6-11-7-8(10)9(2,3)4/h5H,1,6-7H2,2-4H3. The van der Waals surface area contributed by atoms with Gasteiger partial charge in [-0.25, -0.2) is 0 Å². The zero-order valence-electron chi connectivity index (χ0n) is 7.52. The van der Waals surface area contributed by atoms with Crippen LogP contribution in [0.2, 0.25) is 0 Å². The van der Waals surface area contributed by atoms with Crippen molar-refractivity contribution in [2.75, 3.05) is 13.2 Å². The molecular weight excluding hydrogens is 140 g/mol. The molecule has 0 unspecified atom stereocenters. The second-order valence-electron chi connectivity index (χ2n) is 3.48. The Labute approximate surface area is 68.2 Å². The van der Waals surface area contributed by atoms with Gasteiger partial charge in [-0.2, -0.15) is 0 Å². The van der Waals surface area contributed by atoms with Gasteiger partial charge < -0.3 is 4.74 Å². The normalized spacial score (nSPS) is 11.2. The number of Topliss-reactive ketones (excluding diaryl/α,β-unsaturated/α-hetero) is 1. The molecule has 0 rings (SSSR count). The predicted molar refractivity (Wildman–Crippen MR) is 45.5 cm³/mol. The van der Waals surface area contributed by atoms with Crippen molar-refractivity contribution in [3.8, 4) is 0 Å². The van der Waals surface area contributed by atoms with Gasteiger partial charge in [0.25, 0.3) is 0 Å². The second kappa shape index (κ2) is 4.29. The predicted octanol–water partition coefficient (Wildman–Crippen LogP) is 1.80. The van der Waals surface area contributed by atoms with E-state index in [0.717, 1.165) is 0 Å².